The number of amides is 1. The van der Waals surface area contributed by atoms with Crippen LogP contribution in [-0.2, 0) is 19.4 Å². The third-order valence-corrected chi connectivity index (χ3v) is 7.22. The highest BCUT2D eigenvalue weighted by Crippen LogP contribution is 2.28. The Morgan fingerprint density at radius 2 is 1.66 bits per heavy atom. The number of halogens is 1. The van der Waals surface area contributed by atoms with E-state index in [2.05, 4.69) is 39.9 Å². The summed E-state index contributed by atoms with van der Waals surface area (Å²) in [5.74, 6) is -0.100. The van der Waals surface area contributed by atoms with Crippen molar-refractivity contribution in [3.63, 3.8) is 0 Å². The van der Waals surface area contributed by atoms with E-state index >= 15 is 0 Å². The highest BCUT2D eigenvalue weighted by atomic mass is 35.5. The van der Waals surface area contributed by atoms with Crippen molar-refractivity contribution in [2.24, 2.45) is 0 Å². The Morgan fingerprint density at radius 3 is 2.46 bits per heavy atom. The molecule has 4 nitrogen and oxygen atoms in total. The SMILES string of the molecule is O=C(NCc1csc2ccc(Cl)cc12)c1cccc(Cc2ccc(Cc3ccc[nH]c3=O)cc2)c1. The molecule has 2 N–H and O–H groups in total. The summed E-state index contributed by atoms with van der Waals surface area (Å²) in [6, 6.07) is 25.5. The fourth-order valence-corrected chi connectivity index (χ4v) is 5.23. The summed E-state index contributed by atoms with van der Waals surface area (Å²) < 4.78 is 1.15. The lowest BCUT2D eigenvalue weighted by atomic mass is 9.99. The third-order valence-electron chi connectivity index (χ3n) is 5.97. The van der Waals surface area contributed by atoms with Crippen LogP contribution in [0.2, 0.25) is 5.02 Å². The number of nitrogens with one attached hydrogen (secondary N) is 2. The van der Waals surface area contributed by atoms with Crippen molar-refractivity contribution in [3.05, 3.63) is 139 Å². The zero-order valence-corrected chi connectivity index (χ0v) is 20.5. The van der Waals surface area contributed by atoms with Gasteiger partial charge in [-0.15, -0.1) is 11.3 Å². The molecule has 0 saturated heterocycles. The van der Waals surface area contributed by atoms with Gasteiger partial charge >= 0.3 is 0 Å². The predicted octanol–water partition coefficient (Wildman–Crippen LogP) is 6.35. The molecule has 6 heteroatoms. The average Bonchev–Trinajstić information content (AvgIpc) is 3.27. The quantitative estimate of drug-likeness (QED) is 0.274. The number of hydrogen-bond acceptors (Lipinski definition) is 3. The van der Waals surface area contributed by atoms with Crippen molar-refractivity contribution >= 4 is 38.9 Å². The van der Waals surface area contributed by atoms with Crippen LogP contribution in [0.4, 0.5) is 0 Å². The lowest BCUT2D eigenvalue weighted by molar-refractivity contribution is 0.0951. The maximum atomic E-state index is 12.8. The number of pyridine rings is 1. The molecule has 0 atom stereocenters. The van der Waals surface area contributed by atoms with Crippen molar-refractivity contribution in [3.8, 4) is 0 Å². The Balaban J connectivity index is 1.23. The fraction of sp³-hybridized carbons (Fsp3) is 0.103. The Hall–Kier alpha value is -3.67. The summed E-state index contributed by atoms with van der Waals surface area (Å²) in [7, 11) is 0. The van der Waals surface area contributed by atoms with Gasteiger partial charge in [0, 0.05) is 40.0 Å². The second-order valence-corrected chi connectivity index (χ2v) is 9.83. The van der Waals surface area contributed by atoms with Crippen LogP contribution in [0.25, 0.3) is 10.1 Å². The average molecular weight is 499 g/mol. The topological polar surface area (TPSA) is 62.0 Å². The fourth-order valence-electron chi connectivity index (χ4n) is 4.12. The van der Waals surface area contributed by atoms with E-state index in [4.69, 9.17) is 11.6 Å². The van der Waals surface area contributed by atoms with E-state index in [1.54, 1.807) is 17.5 Å². The van der Waals surface area contributed by atoms with Crippen molar-refractivity contribution in [1.29, 1.82) is 0 Å². The van der Waals surface area contributed by atoms with Gasteiger partial charge in [-0.3, -0.25) is 9.59 Å². The van der Waals surface area contributed by atoms with Crippen LogP contribution in [0.15, 0.2) is 95.2 Å². The minimum absolute atomic E-state index is 0.0531. The number of fused-ring (bicyclic) bond motifs is 1. The van der Waals surface area contributed by atoms with Crippen molar-refractivity contribution in [1.82, 2.24) is 10.3 Å². The Labute approximate surface area is 212 Å². The summed E-state index contributed by atoms with van der Waals surface area (Å²) in [5, 5.41) is 6.87. The number of aromatic nitrogens is 1. The lowest BCUT2D eigenvalue weighted by Gasteiger charge is -2.08. The molecule has 0 unspecified atom stereocenters. The molecule has 0 aliphatic rings. The number of rotatable bonds is 7. The molecule has 0 radical (unpaired) electrons. The number of benzene rings is 3. The zero-order chi connectivity index (χ0) is 24.2. The van der Waals surface area contributed by atoms with Crippen LogP contribution < -0.4 is 10.9 Å². The summed E-state index contributed by atoms with van der Waals surface area (Å²) in [5.41, 5.74) is 5.70. The largest absolute Gasteiger partial charge is 0.348 e. The molecular formula is C29H23ClN2O2S. The lowest BCUT2D eigenvalue weighted by Crippen LogP contribution is -2.22. The summed E-state index contributed by atoms with van der Waals surface area (Å²) >= 11 is 7.79. The van der Waals surface area contributed by atoms with E-state index in [0.717, 1.165) is 44.3 Å². The highest BCUT2D eigenvalue weighted by molar-refractivity contribution is 7.17. The van der Waals surface area contributed by atoms with Gasteiger partial charge in [-0.1, -0.05) is 54.1 Å². The molecule has 5 aromatic rings. The van der Waals surface area contributed by atoms with E-state index in [9.17, 15) is 9.59 Å². The van der Waals surface area contributed by atoms with Gasteiger partial charge in [-0.05, 0) is 75.8 Å². The van der Waals surface area contributed by atoms with Crippen LogP contribution in [0.1, 0.15) is 38.2 Å². The van der Waals surface area contributed by atoms with E-state index in [-0.39, 0.29) is 11.5 Å². The van der Waals surface area contributed by atoms with Crippen LogP contribution >= 0.6 is 22.9 Å². The van der Waals surface area contributed by atoms with Crippen LogP contribution in [-0.4, -0.2) is 10.9 Å². The van der Waals surface area contributed by atoms with Gasteiger partial charge in [0.1, 0.15) is 0 Å². The first-order valence-electron chi connectivity index (χ1n) is 11.3. The molecule has 0 fully saturated rings. The number of H-pyrrole nitrogens is 1. The first-order chi connectivity index (χ1) is 17.0. The van der Waals surface area contributed by atoms with Gasteiger partial charge in [-0.2, -0.15) is 0 Å². The third kappa shape index (κ3) is 5.53. The van der Waals surface area contributed by atoms with Crippen molar-refractivity contribution in [2.45, 2.75) is 19.4 Å². The maximum Gasteiger partial charge on any atom is 0.251 e. The standard InChI is InChI=1S/C29H23ClN2O2S/c30-25-10-11-27-26(16-25)24(18-35-27)17-32-29(34)22-4-1-3-21(15-22)13-19-6-8-20(9-7-19)14-23-5-2-12-31-28(23)33/h1-12,15-16,18H,13-14,17H2,(H,31,33)(H,32,34). The molecule has 0 bridgehead atoms. The molecule has 5 rings (SSSR count). The van der Waals surface area contributed by atoms with Gasteiger partial charge < -0.3 is 10.3 Å². The van der Waals surface area contributed by atoms with Crippen LogP contribution in [0.5, 0.6) is 0 Å². The number of carbonyl (C=O) groups excluding carboxylic acids is 1. The summed E-state index contributed by atoms with van der Waals surface area (Å²) in [6.45, 7) is 0.453. The summed E-state index contributed by atoms with van der Waals surface area (Å²) in [6.07, 6.45) is 2.96. The van der Waals surface area contributed by atoms with Gasteiger partial charge in [0.25, 0.3) is 11.5 Å². The van der Waals surface area contributed by atoms with E-state index in [1.807, 2.05) is 54.6 Å². The van der Waals surface area contributed by atoms with Crippen LogP contribution in [0.3, 0.4) is 0 Å². The van der Waals surface area contributed by atoms with Crippen molar-refractivity contribution in [2.75, 3.05) is 0 Å². The monoisotopic (exact) mass is 498 g/mol. The van der Waals surface area contributed by atoms with Gasteiger partial charge in [0.15, 0.2) is 0 Å². The Kier molecular flexibility index (Phi) is 6.80. The first kappa shape index (κ1) is 23.1. The molecular weight excluding hydrogens is 476 g/mol. The number of hydrogen-bond donors (Lipinski definition) is 2. The molecule has 2 heterocycles. The minimum Gasteiger partial charge on any atom is -0.348 e. The summed E-state index contributed by atoms with van der Waals surface area (Å²) in [4.78, 5) is 27.5. The van der Waals surface area contributed by atoms with Gasteiger partial charge in [0.05, 0.1) is 0 Å². The van der Waals surface area contributed by atoms with Crippen molar-refractivity contribution < 1.29 is 4.79 Å². The molecule has 0 saturated carbocycles. The Morgan fingerprint density at radius 1 is 0.857 bits per heavy atom. The molecule has 3 aromatic carbocycles. The molecule has 174 valence electrons. The number of thiophene rings is 1. The number of aromatic amines is 1. The second kappa shape index (κ2) is 10.3. The second-order valence-electron chi connectivity index (χ2n) is 8.48. The maximum absolute atomic E-state index is 12.8. The normalized spacial score (nSPS) is 11.0. The zero-order valence-electron chi connectivity index (χ0n) is 18.9. The smallest absolute Gasteiger partial charge is 0.251 e. The molecule has 0 spiro atoms. The van der Waals surface area contributed by atoms with E-state index in [0.29, 0.717) is 23.6 Å². The number of carbonyl (C=O) groups is 1. The van der Waals surface area contributed by atoms with Gasteiger partial charge in [0.2, 0.25) is 0 Å². The Bertz CT molecular complexity index is 1550. The van der Waals surface area contributed by atoms with Gasteiger partial charge in [-0.25, -0.2) is 0 Å². The highest BCUT2D eigenvalue weighted by Gasteiger charge is 2.10. The van der Waals surface area contributed by atoms with E-state index < -0.39 is 0 Å². The minimum atomic E-state index is -0.100. The molecule has 0 aliphatic carbocycles. The molecule has 2 aromatic heterocycles. The first-order valence-corrected chi connectivity index (χ1v) is 12.6. The molecule has 1 amide bonds. The molecule has 0 aliphatic heterocycles. The predicted molar refractivity (Wildman–Crippen MR) is 144 cm³/mol. The van der Waals surface area contributed by atoms with Crippen LogP contribution in [0, 0.1) is 0 Å². The molecule has 35 heavy (non-hydrogen) atoms. The van der Waals surface area contributed by atoms with E-state index in [1.165, 1.54) is 0 Å².